The summed E-state index contributed by atoms with van der Waals surface area (Å²) in [6, 6.07) is 10.4. The number of anilines is 1. The van der Waals surface area contributed by atoms with Crippen molar-refractivity contribution < 1.29 is 8.42 Å². The van der Waals surface area contributed by atoms with Crippen molar-refractivity contribution in [3.05, 3.63) is 56.5 Å². The fourth-order valence-electron chi connectivity index (χ4n) is 1.53. The second-order valence-corrected chi connectivity index (χ2v) is 7.34. The Balaban J connectivity index is 2.36. The maximum atomic E-state index is 12.2. The van der Waals surface area contributed by atoms with Crippen LogP contribution in [0.1, 0.15) is 5.56 Å². The van der Waals surface area contributed by atoms with Gasteiger partial charge in [0.1, 0.15) is 6.07 Å². The van der Waals surface area contributed by atoms with Gasteiger partial charge in [0.05, 0.1) is 26.2 Å². The summed E-state index contributed by atoms with van der Waals surface area (Å²) in [6.07, 6.45) is 0. The summed E-state index contributed by atoms with van der Waals surface area (Å²) >= 11 is 15.0. The van der Waals surface area contributed by atoms with Crippen LogP contribution < -0.4 is 4.72 Å². The summed E-state index contributed by atoms with van der Waals surface area (Å²) in [7, 11) is -3.81. The molecule has 0 spiro atoms. The molecule has 0 aliphatic rings. The molecule has 0 amide bonds. The maximum Gasteiger partial charge on any atom is 0.261 e. The quantitative estimate of drug-likeness (QED) is 0.820. The molecule has 2 aromatic carbocycles. The fourth-order valence-corrected chi connectivity index (χ4v) is 3.32. The van der Waals surface area contributed by atoms with Crippen LogP contribution in [0.3, 0.4) is 0 Å². The molecular formula is C13H7BrCl2N2O2S. The van der Waals surface area contributed by atoms with Crippen LogP contribution in [0.25, 0.3) is 0 Å². The Hall–Kier alpha value is -1.26. The van der Waals surface area contributed by atoms with Crippen molar-refractivity contribution in [1.29, 1.82) is 5.26 Å². The third kappa shape index (κ3) is 3.69. The van der Waals surface area contributed by atoms with E-state index in [1.54, 1.807) is 12.1 Å². The Morgan fingerprint density at radius 3 is 2.38 bits per heavy atom. The standard InChI is InChI=1S/C13H7BrCl2N2O2S/c14-11-4-2-9(5-13(11)16)18-21(19,20)10-3-1-8(7-17)12(15)6-10/h1-6,18H. The summed E-state index contributed by atoms with van der Waals surface area (Å²) < 4.78 is 27.5. The van der Waals surface area contributed by atoms with Crippen LogP contribution in [0.15, 0.2) is 45.8 Å². The average Bonchev–Trinajstić information content (AvgIpc) is 2.42. The highest BCUT2D eigenvalue weighted by Crippen LogP contribution is 2.27. The van der Waals surface area contributed by atoms with Gasteiger partial charge < -0.3 is 0 Å². The lowest BCUT2D eigenvalue weighted by atomic mass is 10.2. The number of rotatable bonds is 3. The lowest BCUT2D eigenvalue weighted by Crippen LogP contribution is -2.13. The monoisotopic (exact) mass is 404 g/mol. The van der Waals surface area contributed by atoms with Crippen LogP contribution in [0.4, 0.5) is 5.69 Å². The summed E-state index contributed by atoms with van der Waals surface area (Å²) in [5.41, 5.74) is 0.533. The van der Waals surface area contributed by atoms with Crippen molar-refractivity contribution in [2.24, 2.45) is 0 Å². The molecule has 8 heteroatoms. The molecular weight excluding hydrogens is 399 g/mol. The first-order valence-electron chi connectivity index (χ1n) is 5.51. The average molecular weight is 406 g/mol. The van der Waals surface area contributed by atoms with Gasteiger partial charge in [0.25, 0.3) is 10.0 Å². The molecule has 0 radical (unpaired) electrons. The lowest BCUT2D eigenvalue weighted by Gasteiger charge is -2.09. The molecule has 0 saturated carbocycles. The second-order valence-electron chi connectivity index (χ2n) is 3.99. The highest BCUT2D eigenvalue weighted by atomic mass is 79.9. The predicted octanol–water partition coefficient (Wildman–Crippen LogP) is 4.43. The minimum Gasteiger partial charge on any atom is -0.280 e. The van der Waals surface area contributed by atoms with E-state index in [0.29, 0.717) is 15.2 Å². The largest absolute Gasteiger partial charge is 0.280 e. The highest BCUT2D eigenvalue weighted by Gasteiger charge is 2.16. The van der Waals surface area contributed by atoms with Crippen LogP contribution >= 0.6 is 39.1 Å². The van der Waals surface area contributed by atoms with E-state index >= 15 is 0 Å². The smallest absolute Gasteiger partial charge is 0.261 e. The number of sulfonamides is 1. The van der Waals surface area contributed by atoms with Crippen LogP contribution in [-0.2, 0) is 10.0 Å². The molecule has 0 unspecified atom stereocenters. The van der Waals surface area contributed by atoms with E-state index in [4.69, 9.17) is 28.5 Å². The first-order valence-corrected chi connectivity index (χ1v) is 8.54. The minimum atomic E-state index is -3.81. The van der Waals surface area contributed by atoms with Crippen molar-refractivity contribution in [1.82, 2.24) is 0 Å². The van der Waals surface area contributed by atoms with Gasteiger partial charge in [0.15, 0.2) is 0 Å². The minimum absolute atomic E-state index is 0.0365. The van der Waals surface area contributed by atoms with Crippen molar-refractivity contribution in [2.45, 2.75) is 4.90 Å². The normalized spacial score (nSPS) is 11.0. The van der Waals surface area contributed by atoms with Gasteiger partial charge in [-0.1, -0.05) is 23.2 Å². The number of nitriles is 1. The van der Waals surface area contributed by atoms with Gasteiger partial charge in [-0.3, -0.25) is 4.72 Å². The molecule has 0 bridgehead atoms. The molecule has 0 aliphatic heterocycles. The molecule has 0 fully saturated rings. The third-order valence-electron chi connectivity index (χ3n) is 2.54. The van der Waals surface area contributed by atoms with Crippen LogP contribution in [-0.4, -0.2) is 8.42 Å². The zero-order chi connectivity index (χ0) is 15.6. The van der Waals surface area contributed by atoms with E-state index < -0.39 is 10.0 Å². The van der Waals surface area contributed by atoms with E-state index in [-0.39, 0.29) is 15.5 Å². The number of nitrogens with zero attached hydrogens (tertiary/aromatic N) is 1. The molecule has 0 heterocycles. The number of nitrogens with one attached hydrogen (secondary N) is 1. The zero-order valence-corrected chi connectivity index (χ0v) is 14.2. The molecule has 2 aromatic rings. The first kappa shape index (κ1) is 16.1. The lowest BCUT2D eigenvalue weighted by molar-refractivity contribution is 0.601. The Morgan fingerprint density at radius 2 is 1.81 bits per heavy atom. The van der Waals surface area contributed by atoms with Crippen LogP contribution in [0, 0.1) is 11.3 Å². The van der Waals surface area contributed by atoms with Gasteiger partial charge in [-0.05, 0) is 52.3 Å². The summed E-state index contributed by atoms with van der Waals surface area (Å²) in [5, 5.41) is 9.25. The van der Waals surface area contributed by atoms with E-state index in [1.807, 2.05) is 6.07 Å². The van der Waals surface area contributed by atoms with Crippen LogP contribution in [0.5, 0.6) is 0 Å². The van der Waals surface area contributed by atoms with E-state index in [2.05, 4.69) is 20.7 Å². The summed E-state index contributed by atoms with van der Waals surface area (Å²) in [4.78, 5) is -0.0365. The maximum absolute atomic E-state index is 12.2. The van der Waals surface area contributed by atoms with E-state index in [9.17, 15) is 8.42 Å². The van der Waals surface area contributed by atoms with Gasteiger partial charge in [-0.25, -0.2) is 8.42 Å². The Bertz CT molecular complexity index is 848. The Kier molecular flexibility index (Phi) is 4.79. The number of hydrogen-bond donors (Lipinski definition) is 1. The first-order chi connectivity index (χ1) is 9.83. The van der Waals surface area contributed by atoms with Crippen molar-refractivity contribution in [2.75, 3.05) is 4.72 Å². The molecule has 0 aliphatic carbocycles. The second kappa shape index (κ2) is 6.24. The summed E-state index contributed by atoms with van der Waals surface area (Å²) in [6.45, 7) is 0. The van der Waals surface area contributed by atoms with Crippen molar-refractivity contribution in [3.63, 3.8) is 0 Å². The Morgan fingerprint density at radius 1 is 1.10 bits per heavy atom. The van der Waals surface area contributed by atoms with Gasteiger partial charge in [-0.15, -0.1) is 0 Å². The van der Waals surface area contributed by atoms with Gasteiger partial charge in [0.2, 0.25) is 0 Å². The molecule has 0 saturated heterocycles. The van der Waals surface area contributed by atoms with E-state index in [0.717, 1.165) is 0 Å². The fraction of sp³-hybridized carbons (Fsp3) is 0. The van der Waals surface area contributed by atoms with Crippen molar-refractivity contribution in [3.8, 4) is 6.07 Å². The van der Waals surface area contributed by atoms with Crippen molar-refractivity contribution >= 4 is 54.8 Å². The summed E-state index contributed by atoms with van der Waals surface area (Å²) in [5.74, 6) is 0. The molecule has 108 valence electrons. The van der Waals surface area contributed by atoms with Crippen LogP contribution in [0.2, 0.25) is 10.0 Å². The van der Waals surface area contributed by atoms with E-state index in [1.165, 1.54) is 24.3 Å². The highest BCUT2D eigenvalue weighted by molar-refractivity contribution is 9.10. The topological polar surface area (TPSA) is 70.0 Å². The number of benzene rings is 2. The van der Waals surface area contributed by atoms with Gasteiger partial charge in [0, 0.05) is 4.47 Å². The van der Waals surface area contributed by atoms with Gasteiger partial charge in [-0.2, -0.15) is 5.26 Å². The van der Waals surface area contributed by atoms with Gasteiger partial charge >= 0.3 is 0 Å². The molecule has 21 heavy (non-hydrogen) atoms. The Labute approximate surface area is 140 Å². The molecule has 0 aromatic heterocycles. The molecule has 0 atom stereocenters. The SMILES string of the molecule is N#Cc1ccc(S(=O)(=O)Nc2ccc(Br)c(Cl)c2)cc1Cl. The number of hydrogen-bond acceptors (Lipinski definition) is 3. The molecule has 1 N–H and O–H groups in total. The third-order valence-corrected chi connectivity index (χ3v) is 5.47. The zero-order valence-electron chi connectivity index (χ0n) is 10.3. The number of halogens is 3. The predicted molar refractivity (Wildman–Crippen MR) is 86.1 cm³/mol. The molecule has 2 rings (SSSR count). The molecule has 4 nitrogen and oxygen atoms in total.